The number of carbonyl (C=O) groups excluding carboxylic acids is 1. The number of hydrogen-bond acceptors (Lipinski definition) is 3. The van der Waals surface area contributed by atoms with Gasteiger partial charge in [-0.15, -0.1) is 0 Å². The molecule has 5 heteroatoms. The standard InChI is InChI=1S/C22H32N4O/c1-17(2)26-19-11-6-5-10-18(19)23-22(26)20-12-9-15-25(20)16-21(27)24-13-7-3-4-8-14-24/h5-6,10-11,17,20H,3-4,7-9,12-16H2,1-2H3/t20-/m1/s1. The molecule has 0 aliphatic carbocycles. The molecular weight excluding hydrogens is 336 g/mol. The number of hydrogen-bond donors (Lipinski definition) is 0. The molecule has 2 aliphatic heterocycles. The Hall–Kier alpha value is -1.88. The first-order valence-corrected chi connectivity index (χ1v) is 10.6. The monoisotopic (exact) mass is 368 g/mol. The molecule has 27 heavy (non-hydrogen) atoms. The van der Waals surface area contributed by atoms with Crippen LogP contribution >= 0.6 is 0 Å². The number of aromatic nitrogens is 2. The maximum atomic E-state index is 12.9. The highest BCUT2D eigenvalue weighted by Crippen LogP contribution is 2.35. The van der Waals surface area contributed by atoms with Gasteiger partial charge in [-0.25, -0.2) is 4.98 Å². The van der Waals surface area contributed by atoms with Crippen molar-refractivity contribution >= 4 is 16.9 Å². The van der Waals surface area contributed by atoms with Crippen molar-refractivity contribution in [1.82, 2.24) is 19.4 Å². The van der Waals surface area contributed by atoms with E-state index in [-0.39, 0.29) is 6.04 Å². The molecule has 146 valence electrons. The Balaban J connectivity index is 1.57. The maximum absolute atomic E-state index is 12.9. The van der Waals surface area contributed by atoms with Crippen molar-refractivity contribution in [3.8, 4) is 0 Å². The number of rotatable bonds is 4. The first-order valence-electron chi connectivity index (χ1n) is 10.6. The quantitative estimate of drug-likeness (QED) is 0.814. The summed E-state index contributed by atoms with van der Waals surface area (Å²) in [6, 6.07) is 9.00. The van der Waals surface area contributed by atoms with Crippen LogP contribution < -0.4 is 0 Å². The fraction of sp³-hybridized carbons (Fsp3) is 0.636. The molecular formula is C22H32N4O. The molecule has 0 N–H and O–H groups in total. The lowest BCUT2D eigenvalue weighted by atomic mass is 10.2. The molecule has 2 aromatic rings. The molecule has 1 aromatic carbocycles. The van der Waals surface area contributed by atoms with Gasteiger partial charge in [0.25, 0.3) is 0 Å². The molecule has 0 spiro atoms. The van der Waals surface area contributed by atoms with Crippen molar-refractivity contribution in [3.63, 3.8) is 0 Å². The number of benzene rings is 1. The summed E-state index contributed by atoms with van der Waals surface area (Å²) in [7, 11) is 0. The zero-order chi connectivity index (χ0) is 18.8. The fourth-order valence-corrected chi connectivity index (χ4v) is 4.74. The van der Waals surface area contributed by atoms with Gasteiger partial charge in [-0.3, -0.25) is 9.69 Å². The van der Waals surface area contributed by atoms with Gasteiger partial charge >= 0.3 is 0 Å². The smallest absolute Gasteiger partial charge is 0.236 e. The van der Waals surface area contributed by atoms with Gasteiger partial charge in [0.2, 0.25) is 5.91 Å². The predicted molar refractivity (Wildman–Crippen MR) is 109 cm³/mol. The average Bonchev–Trinajstić information content (AvgIpc) is 3.16. The van der Waals surface area contributed by atoms with Gasteiger partial charge in [0.05, 0.1) is 23.6 Å². The van der Waals surface area contributed by atoms with Gasteiger partial charge < -0.3 is 9.47 Å². The van der Waals surface area contributed by atoms with Gasteiger partial charge in [-0.2, -0.15) is 0 Å². The van der Waals surface area contributed by atoms with Crippen molar-refractivity contribution in [1.29, 1.82) is 0 Å². The van der Waals surface area contributed by atoms with Gasteiger partial charge in [0.1, 0.15) is 5.82 Å². The van der Waals surface area contributed by atoms with Crippen molar-refractivity contribution in [3.05, 3.63) is 30.1 Å². The second kappa shape index (κ2) is 8.01. The molecule has 4 rings (SSSR count). The van der Waals surface area contributed by atoms with Gasteiger partial charge in [0, 0.05) is 19.1 Å². The maximum Gasteiger partial charge on any atom is 0.236 e. The van der Waals surface area contributed by atoms with E-state index in [4.69, 9.17) is 4.98 Å². The van der Waals surface area contributed by atoms with Crippen LogP contribution in [0.2, 0.25) is 0 Å². The number of carbonyl (C=O) groups is 1. The molecule has 1 amide bonds. The van der Waals surface area contributed by atoms with Crippen LogP contribution in [0.1, 0.15) is 70.3 Å². The molecule has 0 radical (unpaired) electrons. The summed E-state index contributed by atoms with van der Waals surface area (Å²) < 4.78 is 2.37. The minimum Gasteiger partial charge on any atom is -0.342 e. The largest absolute Gasteiger partial charge is 0.342 e. The Kier molecular flexibility index (Phi) is 5.48. The van der Waals surface area contributed by atoms with E-state index in [1.54, 1.807) is 0 Å². The Morgan fingerprint density at radius 3 is 2.56 bits per heavy atom. The van der Waals surface area contributed by atoms with Crippen molar-refractivity contribution < 1.29 is 4.79 Å². The van der Waals surface area contributed by atoms with Crippen molar-refractivity contribution in [2.24, 2.45) is 0 Å². The fourth-order valence-electron chi connectivity index (χ4n) is 4.74. The lowest BCUT2D eigenvalue weighted by molar-refractivity contribution is -0.132. The number of fused-ring (bicyclic) bond motifs is 1. The highest BCUT2D eigenvalue weighted by atomic mass is 16.2. The van der Waals surface area contributed by atoms with Crippen LogP contribution in [0.15, 0.2) is 24.3 Å². The zero-order valence-corrected chi connectivity index (χ0v) is 16.7. The molecule has 2 aliphatic rings. The van der Waals surface area contributed by atoms with E-state index < -0.39 is 0 Å². The molecule has 0 saturated carbocycles. The summed E-state index contributed by atoms with van der Waals surface area (Å²) in [6.07, 6.45) is 7.04. The number of amides is 1. The molecule has 2 saturated heterocycles. The van der Waals surface area contributed by atoms with Gasteiger partial charge in [-0.1, -0.05) is 25.0 Å². The predicted octanol–water partition coefficient (Wildman–Crippen LogP) is 4.16. The third kappa shape index (κ3) is 3.75. The Bertz CT molecular complexity index is 789. The van der Waals surface area contributed by atoms with Crippen LogP contribution in [-0.2, 0) is 4.79 Å². The van der Waals surface area contributed by atoms with Crippen LogP contribution in [0.5, 0.6) is 0 Å². The molecule has 3 heterocycles. The first kappa shape index (κ1) is 18.5. The van der Waals surface area contributed by atoms with E-state index in [0.29, 0.717) is 18.5 Å². The number of imidazole rings is 1. The summed E-state index contributed by atoms with van der Waals surface area (Å²) in [5.74, 6) is 1.43. The number of para-hydroxylation sites is 2. The van der Waals surface area contributed by atoms with E-state index in [1.165, 1.54) is 18.4 Å². The number of nitrogens with zero attached hydrogens (tertiary/aromatic N) is 4. The highest BCUT2D eigenvalue weighted by molar-refractivity contribution is 5.78. The summed E-state index contributed by atoms with van der Waals surface area (Å²) in [5, 5.41) is 0. The summed E-state index contributed by atoms with van der Waals surface area (Å²) >= 11 is 0. The van der Waals surface area contributed by atoms with E-state index in [9.17, 15) is 4.79 Å². The van der Waals surface area contributed by atoms with Crippen LogP contribution in [0.3, 0.4) is 0 Å². The van der Waals surface area contributed by atoms with Crippen molar-refractivity contribution in [2.75, 3.05) is 26.2 Å². The van der Waals surface area contributed by atoms with Crippen LogP contribution in [0.25, 0.3) is 11.0 Å². The Labute approximate surface area is 162 Å². The van der Waals surface area contributed by atoms with Crippen LogP contribution in [0.4, 0.5) is 0 Å². The van der Waals surface area contributed by atoms with Crippen molar-refractivity contribution in [2.45, 2.75) is 64.5 Å². The van der Waals surface area contributed by atoms with Crippen LogP contribution in [0, 0.1) is 0 Å². The molecule has 1 aromatic heterocycles. The van der Waals surface area contributed by atoms with Crippen LogP contribution in [-0.4, -0.2) is 51.4 Å². The molecule has 5 nitrogen and oxygen atoms in total. The Morgan fingerprint density at radius 1 is 1.07 bits per heavy atom. The lowest BCUT2D eigenvalue weighted by Gasteiger charge is -2.28. The van der Waals surface area contributed by atoms with Gasteiger partial charge in [-0.05, 0) is 58.2 Å². The molecule has 1 atom stereocenters. The highest BCUT2D eigenvalue weighted by Gasteiger charge is 2.33. The SMILES string of the molecule is CC(C)n1c([C@H]2CCCN2CC(=O)N2CCCCCC2)nc2ccccc21. The third-order valence-electron chi connectivity index (χ3n) is 6.10. The minimum atomic E-state index is 0.246. The average molecular weight is 369 g/mol. The van der Waals surface area contributed by atoms with E-state index in [1.807, 2.05) is 0 Å². The second-order valence-corrected chi connectivity index (χ2v) is 8.35. The molecule has 2 fully saturated rings. The number of likely N-dealkylation sites (tertiary alicyclic amines) is 2. The first-order chi connectivity index (χ1) is 13.1. The summed E-state index contributed by atoms with van der Waals surface area (Å²) in [5.41, 5.74) is 2.26. The topological polar surface area (TPSA) is 41.4 Å². The third-order valence-corrected chi connectivity index (χ3v) is 6.10. The zero-order valence-electron chi connectivity index (χ0n) is 16.7. The van der Waals surface area contributed by atoms with E-state index in [0.717, 1.165) is 56.7 Å². The normalized spacial score (nSPS) is 21.9. The van der Waals surface area contributed by atoms with E-state index >= 15 is 0 Å². The van der Waals surface area contributed by atoms with E-state index in [2.05, 4.69) is 52.5 Å². The lowest BCUT2D eigenvalue weighted by Crippen LogP contribution is -2.41. The summed E-state index contributed by atoms with van der Waals surface area (Å²) in [4.78, 5) is 22.4. The minimum absolute atomic E-state index is 0.246. The summed E-state index contributed by atoms with van der Waals surface area (Å²) in [6.45, 7) is 7.83. The van der Waals surface area contributed by atoms with Gasteiger partial charge in [0.15, 0.2) is 0 Å². The second-order valence-electron chi connectivity index (χ2n) is 8.35. The molecule has 0 unspecified atom stereocenters. The molecule has 0 bridgehead atoms. The Morgan fingerprint density at radius 2 is 1.81 bits per heavy atom.